The predicted octanol–water partition coefficient (Wildman–Crippen LogP) is 1.59. The first-order valence-corrected chi connectivity index (χ1v) is 7.49. The van der Waals surface area contributed by atoms with E-state index in [0.717, 1.165) is 25.7 Å². The summed E-state index contributed by atoms with van der Waals surface area (Å²) in [6, 6.07) is -0.129. The number of nitrogens with zero attached hydrogens (tertiary/aromatic N) is 1. The molecule has 0 bridgehead atoms. The maximum absolute atomic E-state index is 12.4. The van der Waals surface area contributed by atoms with E-state index in [1.165, 1.54) is 4.90 Å². The van der Waals surface area contributed by atoms with Crippen molar-refractivity contribution in [2.24, 2.45) is 0 Å². The zero-order valence-electron chi connectivity index (χ0n) is 12.1. The van der Waals surface area contributed by atoms with Gasteiger partial charge in [0.15, 0.2) is 0 Å². The second kappa shape index (κ2) is 6.43. The van der Waals surface area contributed by atoms with E-state index >= 15 is 0 Å². The molecule has 2 amide bonds. The second-order valence-corrected chi connectivity index (χ2v) is 5.68. The van der Waals surface area contributed by atoms with Crippen molar-refractivity contribution < 1.29 is 19.4 Å². The van der Waals surface area contributed by atoms with Crippen LogP contribution in [0.1, 0.15) is 45.4 Å². The summed E-state index contributed by atoms with van der Waals surface area (Å²) in [7, 11) is 0. The normalized spacial score (nSPS) is 27.6. The SMILES string of the molecule is CCCC1(C(=O)O)CCCN1C(=O)NC1CCOCC1. The number of hydrogen-bond donors (Lipinski definition) is 2. The fourth-order valence-electron chi connectivity index (χ4n) is 3.27. The summed E-state index contributed by atoms with van der Waals surface area (Å²) >= 11 is 0. The van der Waals surface area contributed by atoms with Crippen molar-refractivity contribution in [2.75, 3.05) is 19.8 Å². The number of hydrogen-bond acceptors (Lipinski definition) is 3. The van der Waals surface area contributed by atoms with Gasteiger partial charge in [-0.3, -0.25) is 0 Å². The molecule has 2 saturated heterocycles. The first-order valence-electron chi connectivity index (χ1n) is 7.49. The Balaban J connectivity index is 2.04. The number of carboxylic acids is 1. The van der Waals surface area contributed by atoms with Crippen LogP contribution in [0, 0.1) is 0 Å². The molecule has 20 heavy (non-hydrogen) atoms. The van der Waals surface area contributed by atoms with Crippen molar-refractivity contribution in [3.05, 3.63) is 0 Å². The number of ether oxygens (including phenoxy) is 1. The number of urea groups is 1. The van der Waals surface area contributed by atoms with Crippen LogP contribution in [-0.4, -0.2) is 53.3 Å². The van der Waals surface area contributed by atoms with Crippen LogP contribution in [-0.2, 0) is 9.53 Å². The van der Waals surface area contributed by atoms with E-state index in [1.807, 2.05) is 6.92 Å². The summed E-state index contributed by atoms with van der Waals surface area (Å²) < 4.78 is 5.27. The fraction of sp³-hybridized carbons (Fsp3) is 0.857. The number of likely N-dealkylation sites (tertiary alicyclic amines) is 1. The van der Waals surface area contributed by atoms with Crippen LogP contribution in [0.4, 0.5) is 4.79 Å². The summed E-state index contributed by atoms with van der Waals surface area (Å²) in [6.45, 7) is 3.80. The third-order valence-electron chi connectivity index (χ3n) is 4.34. The molecular weight excluding hydrogens is 260 g/mol. The minimum Gasteiger partial charge on any atom is -0.479 e. The van der Waals surface area contributed by atoms with Crippen molar-refractivity contribution in [3.8, 4) is 0 Å². The number of amides is 2. The number of rotatable bonds is 4. The van der Waals surface area contributed by atoms with Gasteiger partial charge in [0, 0.05) is 25.8 Å². The zero-order valence-corrected chi connectivity index (χ0v) is 12.1. The average molecular weight is 284 g/mol. The topological polar surface area (TPSA) is 78.9 Å². The van der Waals surface area contributed by atoms with E-state index < -0.39 is 11.5 Å². The lowest BCUT2D eigenvalue weighted by Gasteiger charge is -2.36. The molecule has 2 N–H and O–H groups in total. The van der Waals surface area contributed by atoms with Gasteiger partial charge in [0.1, 0.15) is 5.54 Å². The second-order valence-electron chi connectivity index (χ2n) is 5.68. The highest BCUT2D eigenvalue weighted by Crippen LogP contribution is 2.34. The van der Waals surface area contributed by atoms with Gasteiger partial charge >= 0.3 is 12.0 Å². The molecule has 0 spiro atoms. The molecule has 114 valence electrons. The highest BCUT2D eigenvalue weighted by Gasteiger charge is 2.49. The van der Waals surface area contributed by atoms with Gasteiger partial charge in [0.05, 0.1) is 0 Å². The molecule has 0 aliphatic carbocycles. The van der Waals surface area contributed by atoms with E-state index in [1.54, 1.807) is 0 Å². The Labute approximate surface area is 119 Å². The number of carbonyl (C=O) groups excluding carboxylic acids is 1. The molecule has 2 rings (SSSR count). The van der Waals surface area contributed by atoms with Gasteiger partial charge in [-0.25, -0.2) is 9.59 Å². The molecule has 2 aliphatic rings. The van der Waals surface area contributed by atoms with Gasteiger partial charge in [-0.15, -0.1) is 0 Å². The summed E-state index contributed by atoms with van der Waals surface area (Å²) in [5.41, 5.74) is -1.01. The van der Waals surface area contributed by atoms with Crippen molar-refractivity contribution >= 4 is 12.0 Å². The minimum atomic E-state index is -1.01. The smallest absolute Gasteiger partial charge is 0.329 e. The van der Waals surface area contributed by atoms with Crippen LogP contribution < -0.4 is 5.32 Å². The number of nitrogens with one attached hydrogen (secondary N) is 1. The molecule has 0 aromatic heterocycles. The Morgan fingerprint density at radius 1 is 1.40 bits per heavy atom. The molecule has 0 radical (unpaired) electrons. The molecule has 0 aromatic carbocycles. The van der Waals surface area contributed by atoms with Crippen molar-refractivity contribution in [2.45, 2.75) is 57.0 Å². The lowest BCUT2D eigenvalue weighted by atomic mass is 9.91. The molecule has 6 nitrogen and oxygen atoms in total. The highest BCUT2D eigenvalue weighted by atomic mass is 16.5. The molecule has 2 heterocycles. The first kappa shape index (κ1) is 15.1. The van der Waals surface area contributed by atoms with Gasteiger partial charge in [-0.2, -0.15) is 0 Å². The standard InChI is InChI=1S/C14H24N2O4/c1-2-6-14(12(17)18)7-3-8-16(14)13(19)15-11-4-9-20-10-5-11/h11H,2-10H2,1H3,(H,15,19)(H,17,18). The van der Waals surface area contributed by atoms with Crippen LogP contribution in [0.25, 0.3) is 0 Å². The lowest BCUT2D eigenvalue weighted by molar-refractivity contribution is -0.148. The number of aliphatic carboxylic acids is 1. The molecule has 1 unspecified atom stereocenters. The van der Waals surface area contributed by atoms with Crippen molar-refractivity contribution in [3.63, 3.8) is 0 Å². The van der Waals surface area contributed by atoms with Gasteiger partial charge in [-0.05, 0) is 32.1 Å². The summed E-state index contributed by atoms with van der Waals surface area (Å²) in [6.07, 6.45) is 4.18. The van der Waals surface area contributed by atoms with Gasteiger partial charge in [-0.1, -0.05) is 13.3 Å². The number of carboxylic acid groups (broad SMARTS) is 1. The van der Waals surface area contributed by atoms with Gasteiger partial charge in [0.25, 0.3) is 0 Å². The van der Waals surface area contributed by atoms with E-state index in [4.69, 9.17) is 4.74 Å². The Hall–Kier alpha value is -1.30. The summed E-state index contributed by atoms with van der Waals surface area (Å²) in [5.74, 6) is -0.876. The monoisotopic (exact) mass is 284 g/mol. The highest BCUT2D eigenvalue weighted by molar-refractivity contribution is 5.87. The molecular formula is C14H24N2O4. The Morgan fingerprint density at radius 3 is 2.70 bits per heavy atom. The van der Waals surface area contributed by atoms with Crippen LogP contribution >= 0.6 is 0 Å². The Bertz CT molecular complexity index is 368. The molecule has 6 heteroatoms. The average Bonchev–Trinajstić information content (AvgIpc) is 2.85. The van der Waals surface area contributed by atoms with E-state index in [0.29, 0.717) is 32.6 Å². The first-order chi connectivity index (χ1) is 9.60. The minimum absolute atomic E-state index is 0.102. The van der Waals surface area contributed by atoms with Crippen LogP contribution in [0.2, 0.25) is 0 Å². The molecule has 0 aromatic rings. The fourth-order valence-corrected chi connectivity index (χ4v) is 3.27. The third kappa shape index (κ3) is 2.90. The maximum atomic E-state index is 12.4. The molecule has 1 atom stereocenters. The van der Waals surface area contributed by atoms with Crippen molar-refractivity contribution in [1.82, 2.24) is 10.2 Å². The number of carbonyl (C=O) groups is 2. The van der Waals surface area contributed by atoms with Gasteiger partial charge in [0.2, 0.25) is 0 Å². The predicted molar refractivity (Wildman–Crippen MR) is 73.6 cm³/mol. The third-order valence-corrected chi connectivity index (χ3v) is 4.34. The summed E-state index contributed by atoms with van der Waals surface area (Å²) in [5, 5.41) is 12.6. The molecule has 2 fully saturated rings. The largest absolute Gasteiger partial charge is 0.479 e. The maximum Gasteiger partial charge on any atom is 0.329 e. The van der Waals surface area contributed by atoms with Gasteiger partial charge < -0.3 is 20.1 Å². The van der Waals surface area contributed by atoms with E-state index in [-0.39, 0.29) is 12.1 Å². The zero-order chi connectivity index (χ0) is 14.6. The van der Waals surface area contributed by atoms with Crippen molar-refractivity contribution in [1.29, 1.82) is 0 Å². The van der Waals surface area contributed by atoms with Crippen LogP contribution in [0.3, 0.4) is 0 Å². The van der Waals surface area contributed by atoms with E-state index in [9.17, 15) is 14.7 Å². The lowest BCUT2D eigenvalue weighted by Crippen LogP contribution is -2.57. The Kier molecular flexibility index (Phi) is 4.86. The quantitative estimate of drug-likeness (QED) is 0.821. The molecule has 2 aliphatic heterocycles. The molecule has 0 saturated carbocycles. The van der Waals surface area contributed by atoms with Crippen LogP contribution in [0.15, 0.2) is 0 Å². The Morgan fingerprint density at radius 2 is 2.10 bits per heavy atom. The van der Waals surface area contributed by atoms with Crippen LogP contribution in [0.5, 0.6) is 0 Å². The summed E-state index contributed by atoms with van der Waals surface area (Å²) in [4.78, 5) is 25.6. The van der Waals surface area contributed by atoms with E-state index in [2.05, 4.69) is 5.32 Å².